The summed E-state index contributed by atoms with van der Waals surface area (Å²) in [4.78, 5) is 26.6. The number of nitrogens with zero attached hydrogens (tertiary/aromatic N) is 2. The van der Waals surface area contributed by atoms with Gasteiger partial charge in [-0.3, -0.25) is 9.59 Å². The molecule has 0 aromatic heterocycles. The van der Waals surface area contributed by atoms with Gasteiger partial charge < -0.3 is 14.9 Å². The van der Waals surface area contributed by atoms with Gasteiger partial charge in [0.05, 0.1) is 6.42 Å². The van der Waals surface area contributed by atoms with Crippen molar-refractivity contribution in [3.63, 3.8) is 0 Å². The van der Waals surface area contributed by atoms with Crippen molar-refractivity contribution in [2.45, 2.75) is 13.3 Å². The monoisotopic (exact) mass is 262 g/mol. The number of Topliss-reactive ketones (excluding diaryl/α,β-unsaturated/α-hetero) is 1. The Bertz CT molecular complexity index is 462. The molecule has 0 saturated carbocycles. The Morgan fingerprint density at radius 1 is 1.11 bits per heavy atom. The number of hydrogen-bond donors (Lipinski definition) is 1. The fourth-order valence-electron chi connectivity index (χ4n) is 2.20. The van der Waals surface area contributed by atoms with Crippen LogP contribution in [-0.2, 0) is 9.59 Å². The van der Waals surface area contributed by atoms with E-state index in [-0.39, 0.29) is 23.9 Å². The Balaban J connectivity index is 1.90. The van der Waals surface area contributed by atoms with E-state index in [4.69, 9.17) is 0 Å². The summed E-state index contributed by atoms with van der Waals surface area (Å²) < 4.78 is 0. The minimum Gasteiger partial charge on any atom is -0.508 e. The van der Waals surface area contributed by atoms with Gasteiger partial charge in [-0.15, -0.1) is 0 Å². The number of aromatic hydroxyl groups is 1. The van der Waals surface area contributed by atoms with Crippen LogP contribution >= 0.6 is 0 Å². The number of hydrogen-bond acceptors (Lipinski definition) is 4. The maximum absolute atomic E-state index is 11.7. The van der Waals surface area contributed by atoms with Gasteiger partial charge in [-0.25, -0.2) is 0 Å². The van der Waals surface area contributed by atoms with Crippen LogP contribution in [0, 0.1) is 0 Å². The number of rotatable bonds is 3. The largest absolute Gasteiger partial charge is 0.508 e. The SMILES string of the molecule is CC(=O)CC(=O)N1CCN(c2ccc(O)cc2)CC1. The molecule has 1 N–H and O–H groups in total. The molecule has 0 radical (unpaired) electrons. The fourth-order valence-corrected chi connectivity index (χ4v) is 2.20. The molecule has 19 heavy (non-hydrogen) atoms. The summed E-state index contributed by atoms with van der Waals surface area (Å²) in [5.41, 5.74) is 1.04. The molecular formula is C14H18N2O3. The lowest BCUT2D eigenvalue weighted by Crippen LogP contribution is -2.49. The van der Waals surface area contributed by atoms with Gasteiger partial charge >= 0.3 is 0 Å². The van der Waals surface area contributed by atoms with E-state index < -0.39 is 0 Å². The molecule has 1 heterocycles. The van der Waals surface area contributed by atoms with E-state index in [0.29, 0.717) is 13.1 Å². The molecule has 5 heteroatoms. The third-order valence-corrected chi connectivity index (χ3v) is 3.25. The number of benzene rings is 1. The average Bonchev–Trinajstić information content (AvgIpc) is 2.39. The second kappa shape index (κ2) is 5.73. The van der Waals surface area contributed by atoms with Crippen LogP contribution in [0.1, 0.15) is 13.3 Å². The van der Waals surface area contributed by atoms with Crippen molar-refractivity contribution in [1.29, 1.82) is 0 Å². The molecule has 0 atom stereocenters. The molecule has 1 amide bonds. The zero-order valence-electron chi connectivity index (χ0n) is 11.0. The van der Waals surface area contributed by atoms with Crippen LogP contribution in [0.3, 0.4) is 0 Å². The quantitative estimate of drug-likeness (QED) is 0.826. The van der Waals surface area contributed by atoms with Crippen LogP contribution in [0.2, 0.25) is 0 Å². The molecule has 0 unspecified atom stereocenters. The van der Waals surface area contributed by atoms with Crippen LogP contribution in [0.25, 0.3) is 0 Å². The van der Waals surface area contributed by atoms with Crippen molar-refractivity contribution in [2.75, 3.05) is 31.1 Å². The highest BCUT2D eigenvalue weighted by Gasteiger charge is 2.21. The lowest BCUT2D eigenvalue weighted by atomic mass is 10.2. The number of ketones is 1. The van der Waals surface area contributed by atoms with Crippen LogP contribution in [0.5, 0.6) is 5.75 Å². The first-order valence-electron chi connectivity index (χ1n) is 6.37. The normalized spacial score (nSPS) is 15.4. The second-order valence-electron chi connectivity index (χ2n) is 4.76. The zero-order chi connectivity index (χ0) is 13.8. The number of piperazine rings is 1. The Hall–Kier alpha value is -2.04. The molecule has 0 spiro atoms. The standard InChI is InChI=1S/C14H18N2O3/c1-11(17)10-14(19)16-8-6-15(7-9-16)12-2-4-13(18)5-3-12/h2-5,18H,6-10H2,1H3. The van der Waals surface area contributed by atoms with Crippen molar-refractivity contribution in [2.24, 2.45) is 0 Å². The summed E-state index contributed by atoms with van der Waals surface area (Å²) in [5, 5.41) is 9.25. The summed E-state index contributed by atoms with van der Waals surface area (Å²) in [6, 6.07) is 7.04. The van der Waals surface area contributed by atoms with Gasteiger partial charge in [-0.05, 0) is 31.2 Å². The molecular weight excluding hydrogens is 244 g/mol. The van der Waals surface area contributed by atoms with Crippen molar-refractivity contribution < 1.29 is 14.7 Å². The number of carbonyl (C=O) groups is 2. The molecule has 1 aliphatic heterocycles. The topological polar surface area (TPSA) is 60.9 Å². The predicted octanol–water partition coefficient (Wildman–Crippen LogP) is 1.02. The number of phenols is 1. The fraction of sp³-hybridized carbons (Fsp3) is 0.429. The van der Waals surface area contributed by atoms with E-state index in [1.54, 1.807) is 17.0 Å². The summed E-state index contributed by atoms with van der Waals surface area (Å²) >= 11 is 0. The van der Waals surface area contributed by atoms with E-state index in [1.807, 2.05) is 12.1 Å². The molecule has 0 aliphatic carbocycles. The van der Waals surface area contributed by atoms with Gasteiger partial charge in [0.2, 0.25) is 5.91 Å². The molecule has 1 fully saturated rings. The van der Waals surface area contributed by atoms with Crippen molar-refractivity contribution in [3.8, 4) is 5.75 Å². The van der Waals surface area contributed by atoms with Crippen molar-refractivity contribution in [3.05, 3.63) is 24.3 Å². The van der Waals surface area contributed by atoms with Gasteiger partial charge in [0.1, 0.15) is 11.5 Å². The highest BCUT2D eigenvalue weighted by atomic mass is 16.3. The van der Waals surface area contributed by atoms with E-state index in [0.717, 1.165) is 18.8 Å². The smallest absolute Gasteiger partial charge is 0.230 e. The number of amides is 1. The first kappa shape index (κ1) is 13.4. The zero-order valence-corrected chi connectivity index (χ0v) is 11.0. The van der Waals surface area contributed by atoms with E-state index in [2.05, 4.69) is 4.90 Å². The Morgan fingerprint density at radius 3 is 2.21 bits per heavy atom. The Kier molecular flexibility index (Phi) is 4.04. The minimum atomic E-state index is -0.0917. The highest BCUT2D eigenvalue weighted by Crippen LogP contribution is 2.19. The van der Waals surface area contributed by atoms with E-state index in [1.165, 1.54) is 6.92 Å². The van der Waals surface area contributed by atoms with E-state index in [9.17, 15) is 14.7 Å². The second-order valence-corrected chi connectivity index (χ2v) is 4.76. The molecule has 0 bridgehead atoms. The highest BCUT2D eigenvalue weighted by molar-refractivity contribution is 5.96. The van der Waals surface area contributed by atoms with E-state index >= 15 is 0 Å². The Morgan fingerprint density at radius 2 is 1.68 bits per heavy atom. The molecule has 1 aromatic carbocycles. The number of anilines is 1. The van der Waals surface area contributed by atoms with Gasteiger partial charge in [0.15, 0.2) is 0 Å². The van der Waals surface area contributed by atoms with Crippen molar-refractivity contribution >= 4 is 17.4 Å². The summed E-state index contributed by atoms with van der Waals surface area (Å²) in [6.45, 7) is 4.19. The summed E-state index contributed by atoms with van der Waals surface area (Å²) in [7, 11) is 0. The van der Waals surface area contributed by atoms with Crippen LogP contribution in [-0.4, -0.2) is 47.9 Å². The maximum atomic E-state index is 11.7. The third kappa shape index (κ3) is 3.47. The molecule has 1 aromatic rings. The summed E-state index contributed by atoms with van der Waals surface area (Å²) in [6.07, 6.45) is -0.000784. The number of phenolic OH excluding ortho intramolecular Hbond substituents is 1. The average molecular weight is 262 g/mol. The molecule has 5 nitrogen and oxygen atoms in total. The lowest BCUT2D eigenvalue weighted by molar-refractivity contribution is -0.135. The molecule has 1 aliphatic rings. The predicted molar refractivity (Wildman–Crippen MR) is 72.2 cm³/mol. The van der Waals surface area contributed by atoms with Gasteiger partial charge in [0.25, 0.3) is 0 Å². The molecule has 102 valence electrons. The first-order chi connectivity index (χ1) is 9.06. The molecule has 1 saturated heterocycles. The lowest BCUT2D eigenvalue weighted by Gasteiger charge is -2.36. The Labute approximate surface area is 112 Å². The van der Waals surface area contributed by atoms with Gasteiger partial charge in [-0.2, -0.15) is 0 Å². The van der Waals surface area contributed by atoms with Crippen LogP contribution in [0.15, 0.2) is 24.3 Å². The minimum absolute atomic E-state index is 0.000784. The van der Waals surface area contributed by atoms with Crippen LogP contribution < -0.4 is 4.90 Å². The third-order valence-electron chi connectivity index (χ3n) is 3.25. The van der Waals surface area contributed by atoms with Gasteiger partial charge in [0, 0.05) is 31.9 Å². The first-order valence-corrected chi connectivity index (χ1v) is 6.37. The summed E-state index contributed by atoms with van der Waals surface area (Å²) in [5.74, 6) is 0.0721. The maximum Gasteiger partial charge on any atom is 0.230 e. The molecule has 2 rings (SSSR count). The van der Waals surface area contributed by atoms with Crippen LogP contribution in [0.4, 0.5) is 5.69 Å². The van der Waals surface area contributed by atoms with Gasteiger partial charge in [-0.1, -0.05) is 0 Å². The van der Waals surface area contributed by atoms with Crippen molar-refractivity contribution in [1.82, 2.24) is 4.90 Å². The number of carbonyl (C=O) groups excluding carboxylic acids is 2.